The number of hydrogen-bond acceptors (Lipinski definition) is 3. The fraction of sp³-hybridized carbons (Fsp3) is 0.417. The molecular formula is C24H30N2O3. The number of likely N-dealkylation sites (tertiary alicyclic amines) is 1. The van der Waals surface area contributed by atoms with Gasteiger partial charge in [0.1, 0.15) is 5.75 Å². The van der Waals surface area contributed by atoms with Gasteiger partial charge in [-0.3, -0.25) is 9.59 Å². The number of nitrogens with one attached hydrogen (secondary N) is 1. The number of hydrogen-bond donors (Lipinski definition) is 1. The van der Waals surface area contributed by atoms with E-state index in [-0.39, 0.29) is 29.9 Å². The normalized spacial score (nSPS) is 15.1. The number of piperidine rings is 1. The number of benzene rings is 2. The van der Waals surface area contributed by atoms with Crippen molar-refractivity contribution in [1.82, 2.24) is 10.2 Å². The molecule has 0 radical (unpaired) electrons. The lowest BCUT2D eigenvalue weighted by atomic mass is 9.86. The van der Waals surface area contributed by atoms with E-state index in [0.717, 1.165) is 24.2 Å². The molecule has 1 heterocycles. The van der Waals surface area contributed by atoms with Crippen LogP contribution in [0.15, 0.2) is 54.6 Å². The van der Waals surface area contributed by atoms with E-state index in [1.165, 1.54) is 0 Å². The van der Waals surface area contributed by atoms with Crippen LogP contribution in [0, 0.1) is 0 Å². The van der Waals surface area contributed by atoms with Crippen molar-refractivity contribution in [3.05, 3.63) is 65.7 Å². The second-order valence-corrected chi connectivity index (χ2v) is 8.53. The van der Waals surface area contributed by atoms with Crippen LogP contribution in [0.5, 0.6) is 5.75 Å². The Morgan fingerprint density at radius 3 is 2.28 bits per heavy atom. The quantitative estimate of drug-likeness (QED) is 0.840. The van der Waals surface area contributed by atoms with Crippen LogP contribution in [0.3, 0.4) is 0 Å². The predicted molar refractivity (Wildman–Crippen MR) is 114 cm³/mol. The average Bonchev–Trinajstić information content (AvgIpc) is 2.72. The van der Waals surface area contributed by atoms with Crippen LogP contribution in [0.1, 0.15) is 49.5 Å². The van der Waals surface area contributed by atoms with Gasteiger partial charge in [0.25, 0.3) is 11.8 Å². The van der Waals surface area contributed by atoms with Crippen molar-refractivity contribution < 1.29 is 14.3 Å². The molecule has 5 nitrogen and oxygen atoms in total. The highest BCUT2D eigenvalue weighted by atomic mass is 16.5. The molecule has 0 atom stereocenters. The highest BCUT2D eigenvalue weighted by Crippen LogP contribution is 2.31. The van der Waals surface area contributed by atoms with Crippen LogP contribution in [-0.2, 0) is 10.2 Å². The summed E-state index contributed by atoms with van der Waals surface area (Å²) in [6.07, 6.45) is 1.51. The molecule has 2 amide bonds. The number of nitrogens with zero attached hydrogens (tertiary/aromatic N) is 1. The van der Waals surface area contributed by atoms with Gasteiger partial charge in [-0.05, 0) is 42.0 Å². The fourth-order valence-corrected chi connectivity index (χ4v) is 3.57. The first-order valence-corrected chi connectivity index (χ1v) is 10.2. The lowest BCUT2D eigenvalue weighted by Gasteiger charge is -2.32. The van der Waals surface area contributed by atoms with Crippen molar-refractivity contribution >= 4 is 11.8 Å². The van der Waals surface area contributed by atoms with E-state index in [1.54, 1.807) is 12.1 Å². The molecule has 1 aliphatic heterocycles. The van der Waals surface area contributed by atoms with Crippen molar-refractivity contribution in [3.63, 3.8) is 0 Å². The summed E-state index contributed by atoms with van der Waals surface area (Å²) in [6, 6.07) is 17.2. The third-order valence-electron chi connectivity index (χ3n) is 5.27. The molecule has 154 valence electrons. The van der Waals surface area contributed by atoms with Crippen LogP contribution >= 0.6 is 0 Å². The van der Waals surface area contributed by atoms with Crippen molar-refractivity contribution in [3.8, 4) is 5.75 Å². The Morgan fingerprint density at radius 2 is 1.62 bits per heavy atom. The van der Waals surface area contributed by atoms with Gasteiger partial charge in [0.05, 0.1) is 0 Å². The molecule has 0 aliphatic carbocycles. The molecule has 2 aromatic carbocycles. The molecule has 0 bridgehead atoms. The van der Waals surface area contributed by atoms with Gasteiger partial charge in [-0.2, -0.15) is 0 Å². The summed E-state index contributed by atoms with van der Waals surface area (Å²) in [5.74, 6) is 0.692. The van der Waals surface area contributed by atoms with Gasteiger partial charge in [-0.1, -0.05) is 57.2 Å². The van der Waals surface area contributed by atoms with E-state index < -0.39 is 0 Å². The Morgan fingerprint density at radius 1 is 1.00 bits per heavy atom. The molecule has 0 saturated carbocycles. The molecular weight excluding hydrogens is 364 g/mol. The van der Waals surface area contributed by atoms with E-state index in [9.17, 15) is 9.59 Å². The van der Waals surface area contributed by atoms with Crippen molar-refractivity contribution in [1.29, 1.82) is 0 Å². The summed E-state index contributed by atoms with van der Waals surface area (Å²) in [6.45, 7) is 7.68. The number of rotatable bonds is 5. The number of carbonyl (C=O) groups excluding carboxylic acids is 2. The van der Waals surface area contributed by atoms with Crippen LogP contribution in [-0.4, -0.2) is 42.5 Å². The molecule has 1 N–H and O–H groups in total. The molecule has 0 aromatic heterocycles. The SMILES string of the molecule is CC(C)(C)c1ccccc1OCC(=O)N1CCC(NC(=O)c2ccccc2)CC1. The summed E-state index contributed by atoms with van der Waals surface area (Å²) in [5, 5.41) is 3.07. The van der Waals surface area contributed by atoms with E-state index in [0.29, 0.717) is 18.7 Å². The molecule has 2 aromatic rings. The zero-order valence-corrected chi connectivity index (χ0v) is 17.5. The predicted octanol–water partition coefficient (Wildman–Crippen LogP) is 3.78. The zero-order valence-electron chi connectivity index (χ0n) is 17.5. The first kappa shape index (κ1) is 20.9. The molecule has 29 heavy (non-hydrogen) atoms. The summed E-state index contributed by atoms with van der Waals surface area (Å²) in [7, 11) is 0. The minimum atomic E-state index is -0.0579. The van der Waals surface area contributed by atoms with Gasteiger partial charge in [0.2, 0.25) is 0 Å². The topological polar surface area (TPSA) is 58.6 Å². The van der Waals surface area contributed by atoms with Crippen LogP contribution < -0.4 is 10.1 Å². The minimum Gasteiger partial charge on any atom is -0.483 e. The summed E-state index contributed by atoms with van der Waals surface area (Å²) >= 11 is 0. The van der Waals surface area contributed by atoms with Gasteiger partial charge in [0, 0.05) is 24.7 Å². The smallest absolute Gasteiger partial charge is 0.260 e. The summed E-state index contributed by atoms with van der Waals surface area (Å²) in [5.41, 5.74) is 1.71. The molecule has 0 spiro atoms. The number of carbonyl (C=O) groups is 2. The van der Waals surface area contributed by atoms with Gasteiger partial charge in [0.15, 0.2) is 6.61 Å². The lowest BCUT2D eigenvalue weighted by molar-refractivity contribution is -0.134. The summed E-state index contributed by atoms with van der Waals surface area (Å²) in [4.78, 5) is 26.7. The number of ether oxygens (including phenoxy) is 1. The highest BCUT2D eigenvalue weighted by molar-refractivity contribution is 5.94. The molecule has 5 heteroatoms. The van der Waals surface area contributed by atoms with Crippen LogP contribution in [0.4, 0.5) is 0 Å². The van der Waals surface area contributed by atoms with E-state index in [4.69, 9.17) is 4.74 Å². The van der Waals surface area contributed by atoms with Gasteiger partial charge in [-0.25, -0.2) is 0 Å². The zero-order chi connectivity index (χ0) is 20.9. The molecule has 0 unspecified atom stereocenters. The third kappa shape index (κ3) is 5.59. The Balaban J connectivity index is 1.48. The minimum absolute atomic E-state index is 0.0125. The van der Waals surface area contributed by atoms with Crippen molar-refractivity contribution in [2.75, 3.05) is 19.7 Å². The Kier molecular flexibility index (Phi) is 6.57. The number of amides is 2. The second kappa shape index (κ2) is 9.12. The van der Waals surface area contributed by atoms with E-state index in [1.807, 2.05) is 47.4 Å². The first-order chi connectivity index (χ1) is 13.8. The lowest BCUT2D eigenvalue weighted by Crippen LogP contribution is -2.47. The Bertz CT molecular complexity index is 835. The van der Waals surface area contributed by atoms with Crippen LogP contribution in [0.25, 0.3) is 0 Å². The number of para-hydroxylation sites is 1. The molecule has 3 rings (SSSR count). The Labute approximate surface area is 173 Å². The fourth-order valence-electron chi connectivity index (χ4n) is 3.57. The van der Waals surface area contributed by atoms with E-state index >= 15 is 0 Å². The largest absolute Gasteiger partial charge is 0.483 e. The highest BCUT2D eigenvalue weighted by Gasteiger charge is 2.25. The average molecular weight is 395 g/mol. The Hall–Kier alpha value is -2.82. The second-order valence-electron chi connectivity index (χ2n) is 8.53. The molecule has 1 saturated heterocycles. The van der Waals surface area contributed by atoms with Gasteiger partial charge < -0.3 is 15.0 Å². The van der Waals surface area contributed by atoms with E-state index in [2.05, 4.69) is 26.1 Å². The monoisotopic (exact) mass is 394 g/mol. The standard InChI is InChI=1S/C24H30N2O3/c1-24(2,3)20-11-7-8-12-21(20)29-17-22(27)26-15-13-19(14-16-26)25-23(28)18-9-5-4-6-10-18/h4-12,19H,13-17H2,1-3H3,(H,25,28). The van der Waals surface area contributed by atoms with Crippen LogP contribution in [0.2, 0.25) is 0 Å². The van der Waals surface area contributed by atoms with Gasteiger partial charge >= 0.3 is 0 Å². The third-order valence-corrected chi connectivity index (χ3v) is 5.27. The molecule has 1 fully saturated rings. The molecule has 1 aliphatic rings. The summed E-state index contributed by atoms with van der Waals surface area (Å²) < 4.78 is 5.87. The van der Waals surface area contributed by atoms with Crippen molar-refractivity contribution in [2.24, 2.45) is 0 Å². The maximum Gasteiger partial charge on any atom is 0.260 e. The maximum absolute atomic E-state index is 12.6. The van der Waals surface area contributed by atoms with Crippen molar-refractivity contribution in [2.45, 2.75) is 45.1 Å². The maximum atomic E-state index is 12.6. The van der Waals surface area contributed by atoms with Gasteiger partial charge in [-0.15, -0.1) is 0 Å². The first-order valence-electron chi connectivity index (χ1n) is 10.2.